The van der Waals surface area contributed by atoms with E-state index >= 15 is 0 Å². The van der Waals surface area contributed by atoms with Crippen LogP contribution in [0.4, 0.5) is 0 Å². The summed E-state index contributed by atoms with van der Waals surface area (Å²) in [5, 5.41) is 18.8. The number of nitrogens with zero attached hydrogens (tertiary/aromatic N) is 1. The molecule has 0 aliphatic carbocycles. The first kappa shape index (κ1) is 15.5. The summed E-state index contributed by atoms with van der Waals surface area (Å²) in [6.07, 6.45) is 1.21. The van der Waals surface area contributed by atoms with Crippen LogP contribution in [0.3, 0.4) is 0 Å². The van der Waals surface area contributed by atoms with Crippen LogP contribution in [-0.2, 0) is 20.7 Å². The highest BCUT2D eigenvalue weighted by Crippen LogP contribution is 2.25. The number of aliphatic imine (C=N–C) groups is 1. The summed E-state index contributed by atoms with van der Waals surface area (Å²) in [5.74, 6) is -1.52. The molecule has 0 radical (unpaired) electrons. The Kier molecular flexibility index (Phi) is 4.11. The Morgan fingerprint density at radius 1 is 1.17 bits per heavy atom. The molecule has 6 nitrogen and oxygen atoms in total. The number of carbonyl (C=O) groups is 2. The van der Waals surface area contributed by atoms with E-state index < -0.39 is 11.9 Å². The van der Waals surface area contributed by atoms with E-state index in [1.54, 1.807) is 30.3 Å². The number of benzene rings is 2. The van der Waals surface area contributed by atoms with Crippen molar-refractivity contribution in [3.05, 3.63) is 70.9 Å². The van der Waals surface area contributed by atoms with Gasteiger partial charge in [-0.15, -0.1) is 0 Å². The number of phenols is 1. The number of carbonyl (C=O) groups excluding carboxylic acids is 1. The van der Waals surface area contributed by atoms with Crippen molar-refractivity contribution in [2.24, 2.45) is 4.99 Å². The van der Waals surface area contributed by atoms with Crippen molar-refractivity contribution in [2.45, 2.75) is 6.42 Å². The first-order chi connectivity index (χ1) is 11.5. The van der Waals surface area contributed by atoms with Gasteiger partial charge in [0.25, 0.3) is 0 Å². The number of ether oxygens (including phenoxy) is 1. The number of esters is 1. The van der Waals surface area contributed by atoms with Crippen LogP contribution in [0.15, 0.2) is 59.2 Å². The molecule has 2 aromatic rings. The number of carboxylic acid groups (broad SMARTS) is 1. The number of hydrogen-bond acceptors (Lipinski definition) is 5. The number of rotatable bonds is 4. The molecule has 0 atom stereocenters. The van der Waals surface area contributed by atoms with Gasteiger partial charge in [-0.25, -0.2) is 9.79 Å². The third-order valence-electron chi connectivity index (χ3n) is 3.38. The fourth-order valence-electron chi connectivity index (χ4n) is 2.26. The van der Waals surface area contributed by atoms with Crippen molar-refractivity contribution in [2.75, 3.05) is 0 Å². The highest BCUT2D eigenvalue weighted by atomic mass is 16.6. The normalized spacial score (nSPS) is 15.2. The summed E-state index contributed by atoms with van der Waals surface area (Å²) in [7, 11) is 0. The van der Waals surface area contributed by atoms with Gasteiger partial charge in [-0.3, -0.25) is 4.79 Å². The van der Waals surface area contributed by atoms with E-state index in [1.807, 2.05) is 6.07 Å². The molecule has 2 aromatic carbocycles. The summed E-state index contributed by atoms with van der Waals surface area (Å²) in [4.78, 5) is 26.8. The number of hydrogen-bond donors (Lipinski definition) is 2. The minimum absolute atomic E-state index is 0.0649. The molecule has 0 amide bonds. The zero-order chi connectivity index (χ0) is 17.1. The van der Waals surface area contributed by atoms with Gasteiger partial charge in [0.2, 0.25) is 5.90 Å². The van der Waals surface area contributed by atoms with Crippen molar-refractivity contribution in [1.82, 2.24) is 0 Å². The molecule has 0 spiro atoms. The fraction of sp³-hybridized carbons (Fsp3) is 0.0556. The average molecular weight is 323 g/mol. The lowest BCUT2D eigenvalue weighted by Gasteiger charge is -2.02. The number of aliphatic carboxylic acids is 1. The summed E-state index contributed by atoms with van der Waals surface area (Å²) in [6, 6.07) is 13.4. The zero-order valence-corrected chi connectivity index (χ0v) is 12.5. The highest BCUT2D eigenvalue weighted by molar-refractivity contribution is 6.12. The molecule has 2 N–H and O–H groups in total. The molecule has 1 aliphatic rings. The van der Waals surface area contributed by atoms with E-state index in [0.29, 0.717) is 16.7 Å². The van der Waals surface area contributed by atoms with Gasteiger partial charge in [-0.05, 0) is 29.8 Å². The van der Waals surface area contributed by atoms with Crippen molar-refractivity contribution in [3.8, 4) is 5.75 Å². The van der Waals surface area contributed by atoms with Crippen molar-refractivity contribution >= 4 is 23.9 Å². The monoisotopic (exact) mass is 323 g/mol. The van der Waals surface area contributed by atoms with Crippen LogP contribution in [-0.4, -0.2) is 28.0 Å². The molecule has 0 bridgehead atoms. The molecule has 0 saturated heterocycles. The topological polar surface area (TPSA) is 96.2 Å². The van der Waals surface area contributed by atoms with Crippen molar-refractivity contribution in [1.29, 1.82) is 0 Å². The summed E-state index contributed by atoms with van der Waals surface area (Å²) >= 11 is 0. The third kappa shape index (κ3) is 3.33. The van der Waals surface area contributed by atoms with Crippen LogP contribution in [0.2, 0.25) is 0 Å². The predicted octanol–water partition coefficient (Wildman–Crippen LogP) is 2.36. The smallest absolute Gasteiger partial charge is 0.363 e. The summed E-state index contributed by atoms with van der Waals surface area (Å²) in [6.45, 7) is 0. The lowest BCUT2D eigenvalue weighted by atomic mass is 10.1. The highest BCUT2D eigenvalue weighted by Gasteiger charge is 2.24. The molecule has 120 valence electrons. The van der Waals surface area contributed by atoms with Gasteiger partial charge >= 0.3 is 11.9 Å². The number of carboxylic acids is 1. The van der Waals surface area contributed by atoms with Crippen LogP contribution < -0.4 is 0 Å². The molecule has 1 aliphatic heterocycles. The average Bonchev–Trinajstić information content (AvgIpc) is 2.91. The van der Waals surface area contributed by atoms with Crippen LogP contribution in [0.5, 0.6) is 5.75 Å². The maximum absolute atomic E-state index is 11.9. The van der Waals surface area contributed by atoms with Gasteiger partial charge in [-0.2, -0.15) is 0 Å². The Balaban J connectivity index is 1.89. The number of phenolic OH excluding ortho intramolecular Hbond substituents is 1. The van der Waals surface area contributed by atoms with Gasteiger partial charge in [0.05, 0.1) is 6.42 Å². The van der Waals surface area contributed by atoms with Gasteiger partial charge in [0.1, 0.15) is 5.75 Å². The molecule has 0 saturated carbocycles. The molecule has 0 fully saturated rings. The second kappa shape index (κ2) is 6.37. The Morgan fingerprint density at radius 3 is 2.58 bits per heavy atom. The Labute approximate surface area is 137 Å². The largest absolute Gasteiger partial charge is 0.507 e. The molecule has 0 aromatic heterocycles. The van der Waals surface area contributed by atoms with Crippen molar-refractivity contribution in [3.63, 3.8) is 0 Å². The maximum Gasteiger partial charge on any atom is 0.363 e. The second-order valence-electron chi connectivity index (χ2n) is 5.17. The van der Waals surface area contributed by atoms with Gasteiger partial charge in [0, 0.05) is 11.1 Å². The third-order valence-corrected chi connectivity index (χ3v) is 3.38. The number of aromatic hydroxyl groups is 1. The molecular weight excluding hydrogens is 310 g/mol. The lowest BCUT2D eigenvalue weighted by molar-refractivity contribution is -0.136. The second-order valence-corrected chi connectivity index (χ2v) is 5.17. The maximum atomic E-state index is 11.9. The SMILES string of the molecule is O=C(O)Cc1ccc(/C=C2\N=C(c3ccccc3)OC2=O)c(O)c1. The minimum Gasteiger partial charge on any atom is -0.507 e. The predicted molar refractivity (Wildman–Crippen MR) is 86.5 cm³/mol. The number of cyclic esters (lactones) is 1. The van der Waals surface area contributed by atoms with Gasteiger partial charge in [-0.1, -0.05) is 30.3 Å². The first-order valence-corrected chi connectivity index (χ1v) is 7.14. The Morgan fingerprint density at radius 2 is 1.92 bits per heavy atom. The molecule has 1 heterocycles. The standard InChI is InChI=1S/C18H13NO5/c20-15-8-11(9-16(21)22)6-7-13(15)10-14-18(23)24-17(19-14)12-4-2-1-3-5-12/h1-8,10,20H,9H2,(H,21,22)/b14-10-. The van der Waals surface area contributed by atoms with Crippen LogP contribution in [0.25, 0.3) is 6.08 Å². The zero-order valence-electron chi connectivity index (χ0n) is 12.5. The van der Waals surface area contributed by atoms with E-state index in [-0.39, 0.29) is 23.8 Å². The molecular formula is C18H13NO5. The minimum atomic E-state index is -0.989. The van der Waals surface area contributed by atoms with Gasteiger partial charge < -0.3 is 14.9 Å². The molecule has 6 heteroatoms. The Hall–Kier alpha value is -3.41. The van der Waals surface area contributed by atoms with E-state index in [0.717, 1.165) is 0 Å². The lowest BCUT2D eigenvalue weighted by Crippen LogP contribution is -2.05. The Bertz CT molecular complexity index is 868. The van der Waals surface area contributed by atoms with E-state index in [2.05, 4.69) is 4.99 Å². The summed E-state index contributed by atoms with van der Waals surface area (Å²) in [5.41, 5.74) is 1.56. The van der Waals surface area contributed by atoms with Gasteiger partial charge in [0.15, 0.2) is 5.70 Å². The van der Waals surface area contributed by atoms with Crippen LogP contribution in [0.1, 0.15) is 16.7 Å². The molecule has 3 rings (SSSR count). The quantitative estimate of drug-likeness (QED) is 0.665. The fourth-order valence-corrected chi connectivity index (χ4v) is 2.26. The van der Waals surface area contributed by atoms with Crippen LogP contribution >= 0.6 is 0 Å². The molecule has 0 unspecified atom stereocenters. The van der Waals surface area contributed by atoms with E-state index in [9.17, 15) is 14.7 Å². The molecule has 24 heavy (non-hydrogen) atoms. The van der Waals surface area contributed by atoms with E-state index in [1.165, 1.54) is 18.2 Å². The van der Waals surface area contributed by atoms with Crippen LogP contribution in [0, 0.1) is 0 Å². The summed E-state index contributed by atoms with van der Waals surface area (Å²) < 4.78 is 5.13. The first-order valence-electron chi connectivity index (χ1n) is 7.14. The van der Waals surface area contributed by atoms with E-state index in [4.69, 9.17) is 9.84 Å². The van der Waals surface area contributed by atoms with Crippen molar-refractivity contribution < 1.29 is 24.5 Å².